The summed E-state index contributed by atoms with van der Waals surface area (Å²) in [5.74, 6) is 0. The normalized spacial score (nSPS) is 14.2. The predicted molar refractivity (Wildman–Crippen MR) is 90.9 cm³/mol. The molecule has 2 unspecified atom stereocenters. The minimum absolute atomic E-state index is 0.109. The number of hydrogen-bond acceptors (Lipinski definition) is 2. The molecule has 2 aromatic carbocycles. The van der Waals surface area contributed by atoms with E-state index in [1.165, 1.54) is 5.56 Å². The lowest BCUT2D eigenvalue weighted by molar-refractivity contribution is 0.190. The van der Waals surface area contributed by atoms with Gasteiger partial charge in [-0.25, -0.2) is 0 Å². The molecule has 2 N–H and O–H groups in total. The molecular formula is C17H20Cl2N2. The maximum atomic E-state index is 6.09. The molecule has 0 aliphatic rings. The first-order chi connectivity index (χ1) is 10.0. The van der Waals surface area contributed by atoms with Crippen molar-refractivity contribution in [2.75, 3.05) is 13.6 Å². The van der Waals surface area contributed by atoms with E-state index in [9.17, 15) is 0 Å². The van der Waals surface area contributed by atoms with Crippen molar-refractivity contribution in [1.82, 2.24) is 4.90 Å². The van der Waals surface area contributed by atoms with Crippen molar-refractivity contribution in [2.24, 2.45) is 5.73 Å². The Morgan fingerprint density at radius 3 is 2.05 bits per heavy atom. The van der Waals surface area contributed by atoms with Crippen molar-refractivity contribution in [1.29, 1.82) is 0 Å². The lowest BCUT2D eigenvalue weighted by atomic mass is 10.0. The van der Waals surface area contributed by atoms with Crippen LogP contribution in [0.4, 0.5) is 0 Å². The first-order valence-corrected chi connectivity index (χ1v) is 7.71. The lowest BCUT2D eigenvalue weighted by Crippen LogP contribution is -2.32. The van der Waals surface area contributed by atoms with E-state index in [-0.39, 0.29) is 12.1 Å². The minimum Gasteiger partial charge on any atom is -0.329 e. The van der Waals surface area contributed by atoms with Crippen LogP contribution >= 0.6 is 23.2 Å². The van der Waals surface area contributed by atoms with E-state index < -0.39 is 0 Å². The average Bonchev–Trinajstić information content (AvgIpc) is 2.47. The van der Waals surface area contributed by atoms with Gasteiger partial charge in [-0.05, 0) is 49.4 Å². The molecule has 2 aromatic rings. The fourth-order valence-electron chi connectivity index (χ4n) is 2.52. The molecule has 112 valence electrons. The summed E-state index contributed by atoms with van der Waals surface area (Å²) in [5.41, 5.74) is 8.29. The number of likely N-dealkylation sites (N-methyl/N-ethyl adjacent to an activating group) is 1. The maximum Gasteiger partial charge on any atom is 0.0473 e. The van der Waals surface area contributed by atoms with Crippen LogP contribution in [0.2, 0.25) is 10.0 Å². The molecule has 0 aliphatic heterocycles. The molecule has 0 amide bonds. The molecule has 0 aliphatic carbocycles. The molecule has 2 atom stereocenters. The van der Waals surface area contributed by atoms with Crippen LogP contribution in [-0.2, 0) is 0 Å². The summed E-state index contributed by atoms with van der Waals surface area (Å²) in [6.45, 7) is 2.68. The van der Waals surface area contributed by atoms with Gasteiger partial charge in [0.15, 0.2) is 0 Å². The van der Waals surface area contributed by atoms with Crippen LogP contribution in [0.25, 0.3) is 0 Å². The topological polar surface area (TPSA) is 29.3 Å². The Kier molecular flexibility index (Phi) is 5.65. The van der Waals surface area contributed by atoms with Crippen molar-refractivity contribution >= 4 is 23.2 Å². The number of hydrogen-bond donors (Lipinski definition) is 1. The second-order valence-electron chi connectivity index (χ2n) is 5.20. The second kappa shape index (κ2) is 7.28. The van der Waals surface area contributed by atoms with E-state index in [1.807, 2.05) is 36.4 Å². The van der Waals surface area contributed by atoms with Crippen molar-refractivity contribution in [3.8, 4) is 0 Å². The van der Waals surface area contributed by atoms with Gasteiger partial charge in [0.05, 0.1) is 0 Å². The van der Waals surface area contributed by atoms with Crippen LogP contribution in [-0.4, -0.2) is 18.5 Å². The number of benzene rings is 2. The smallest absolute Gasteiger partial charge is 0.0473 e. The van der Waals surface area contributed by atoms with Crippen molar-refractivity contribution in [3.63, 3.8) is 0 Å². The molecule has 0 spiro atoms. The summed E-state index contributed by atoms with van der Waals surface area (Å²) in [6.07, 6.45) is 0. The number of rotatable bonds is 5. The monoisotopic (exact) mass is 322 g/mol. The second-order valence-corrected chi connectivity index (χ2v) is 6.08. The number of nitrogens with zero attached hydrogens (tertiary/aromatic N) is 1. The molecule has 0 aromatic heterocycles. The first kappa shape index (κ1) is 16.3. The Labute approximate surface area is 136 Å². The Hall–Kier alpha value is -1.06. The van der Waals surface area contributed by atoms with Gasteiger partial charge in [0.1, 0.15) is 0 Å². The predicted octanol–water partition coefficient (Wildman–Crippen LogP) is 4.69. The van der Waals surface area contributed by atoms with E-state index in [2.05, 4.69) is 31.0 Å². The molecule has 21 heavy (non-hydrogen) atoms. The largest absolute Gasteiger partial charge is 0.329 e. The van der Waals surface area contributed by atoms with E-state index in [1.54, 1.807) is 0 Å². The highest BCUT2D eigenvalue weighted by Gasteiger charge is 2.21. The third-order valence-electron chi connectivity index (χ3n) is 3.89. The highest BCUT2D eigenvalue weighted by atomic mass is 35.5. The van der Waals surface area contributed by atoms with Gasteiger partial charge in [-0.1, -0.05) is 47.5 Å². The molecule has 2 rings (SSSR count). The van der Waals surface area contributed by atoms with Gasteiger partial charge in [0.2, 0.25) is 0 Å². The van der Waals surface area contributed by atoms with Gasteiger partial charge in [0.25, 0.3) is 0 Å². The molecule has 0 heterocycles. The van der Waals surface area contributed by atoms with Gasteiger partial charge in [-0.2, -0.15) is 0 Å². The minimum atomic E-state index is 0.109. The van der Waals surface area contributed by atoms with E-state index in [0.717, 1.165) is 15.6 Å². The van der Waals surface area contributed by atoms with E-state index in [0.29, 0.717) is 6.54 Å². The van der Waals surface area contributed by atoms with Crippen LogP contribution in [0.1, 0.15) is 30.1 Å². The van der Waals surface area contributed by atoms with Gasteiger partial charge >= 0.3 is 0 Å². The highest BCUT2D eigenvalue weighted by molar-refractivity contribution is 6.30. The quantitative estimate of drug-likeness (QED) is 0.865. The standard InChI is InChI=1S/C17H20Cl2N2/c1-12(13-5-3-7-15(18)9-13)21(2)17(11-20)14-6-4-8-16(19)10-14/h3-10,12,17H,11,20H2,1-2H3. The summed E-state index contributed by atoms with van der Waals surface area (Å²) >= 11 is 12.2. The fraction of sp³-hybridized carbons (Fsp3) is 0.294. The van der Waals surface area contributed by atoms with Crippen LogP contribution in [0.3, 0.4) is 0 Å². The van der Waals surface area contributed by atoms with E-state index >= 15 is 0 Å². The zero-order valence-corrected chi connectivity index (χ0v) is 13.8. The molecule has 0 radical (unpaired) electrons. The summed E-state index contributed by atoms with van der Waals surface area (Å²) in [4.78, 5) is 2.25. The molecule has 4 heteroatoms. The Balaban J connectivity index is 2.25. The van der Waals surface area contributed by atoms with Crippen LogP contribution in [0.5, 0.6) is 0 Å². The van der Waals surface area contributed by atoms with Gasteiger partial charge in [-0.15, -0.1) is 0 Å². The molecule has 0 fully saturated rings. The Morgan fingerprint density at radius 1 is 1.00 bits per heavy atom. The fourth-order valence-corrected chi connectivity index (χ4v) is 2.92. The van der Waals surface area contributed by atoms with Crippen molar-refractivity contribution < 1.29 is 0 Å². The third kappa shape index (κ3) is 3.98. The SMILES string of the molecule is CC(c1cccc(Cl)c1)N(C)C(CN)c1cccc(Cl)c1. The maximum absolute atomic E-state index is 6.09. The van der Waals surface area contributed by atoms with Crippen LogP contribution < -0.4 is 5.73 Å². The number of halogens is 2. The van der Waals surface area contributed by atoms with Crippen molar-refractivity contribution in [3.05, 3.63) is 69.7 Å². The van der Waals surface area contributed by atoms with Gasteiger partial charge < -0.3 is 5.73 Å². The molecular weight excluding hydrogens is 303 g/mol. The molecule has 2 nitrogen and oxygen atoms in total. The molecule has 0 saturated heterocycles. The molecule has 0 saturated carbocycles. The summed E-state index contributed by atoms with van der Waals surface area (Å²) in [6, 6.07) is 16.1. The third-order valence-corrected chi connectivity index (χ3v) is 4.36. The van der Waals surface area contributed by atoms with Gasteiger partial charge in [0, 0.05) is 28.7 Å². The van der Waals surface area contributed by atoms with E-state index in [4.69, 9.17) is 28.9 Å². The zero-order valence-electron chi connectivity index (χ0n) is 12.3. The Morgan fingerprint density at radius 2 is 1.52 bits per heavy atom. The van der Waals surface area contributed by atoms with Gasteiger partial charge in [-0.3, -0.25) is 4.90 Å². The Bertz CT molecular complexity index is 601. The van der Waals surface area contributed by atoms with Crippen LogP contribution in [0.15, 0.2) is 48.5 Å². The highest BCUT2D eigenvalue weighted by Crippen LogP contribution is 2.30. The molecule has 0 bridgehead atoms. The summed E-state index contributed by atoms with van der Waals surface area (Å²) in [7, 11) is 2.07. The first-order valence-electron chi connectivity index (χ1n) is 6.96. The van der Waals surface area contributed by atoms with Crippen LogP contribution in [0, 0.1) is 0 Å². The summed E-state index contributed by atoms with van der Waals surface area (Å²) in [5, 5.41) is 1.48. The average molecular weight is 323 g/mol. The lowest BCUT2D eigenvalue weighted by Gasteiger charge is -2.33. The number of nitrogens with two attached hydrogens (primary N) is 1. The summed E-state index contributed by atoms with van der Waals surface area (Å²) < 4.78 is 0. The van der Waals surface area contributed by atoms with Crippen molar-refractivity contribution in [2.45, 2.75) is 19.0 Å². The zero-order chi connectivity index (χ0) is 15.4.